The molecule has 0 radical (unpaired) electrons. The van der Waals surface area contributed by atoms with Crippen LogP contribution in [0.5, 0.6) is 0 Å². The number of nitrogens with one attached hydrogen (secondary N) is 1. The molecule has 26 heavy (non-hydrogen) atoms. The predicted molar refractivity (Wildman–Crippen MR) is 90.4 cm³/mol. The molecule has 1 saturated heterocycles. The summed E-state index contributed by atoms with van der Waals surface area (Å²) in [5, 5.41) is 2.61. The van der Waals surface area contributed by atoms with Crippen molar-refractivity contribution in [2.45, 2.75) is 45.3 Å². The lowest BCUT2D eigenvalue weighted by Crippen LogP contribution is -2.45. The number of halogens is 3. The van der Waals surface area contributed by atoms with Crippen LogP contribution in [0.3, 0.4) is 0 Å². The van der Waals surface area contributed by atoms with Gasteiger partial charge in [0.1, 0.15) is 13.2 Å². The van der Waals surface area contributed by atoms with Crippen molar-refractivity contribution < 1.29 is 27.4 Å². The van der Waals surface area contributed by atoms with Gasteiger partial charge < -0.3 is 14.8 Å². The number of carbonyl (C=O) groups excluding carboxylic acids is 1. The van der Waals surface area contributed by atoms with Gasteiger partial charge >= 0.3 is 6.18 Å². The highest BCUT2D eigenvalue weighted by Gasteiger charge is 2.27. The lowest BCUT2D eigenvalue weighted by Gasteiger charge is -2.35. The quantitative estimate of drug-likeness (QED) is 0.797. The van der Waals surface area contributed by atoms with Crippen LogP contribution in [0, 0.1) is 0 Å². The maximum absolute atomic E-state index is 12.0. The SMILES string of the molecule is CC1CN(Cc2ccccc2CNC(=O)COCC(F)(F)F)CC(C)O1. The van der Waals surface area contributed by atoms with E-state index in [9.17, 15) is 18.0 Å². The van der Waals surface area contributed by atoms with E-state index in [-0.39, 0.29) is 18.8 Å². The summed E-state index contributed by atoms with van der Waals surface area (Å²) in [6.45, 7) is 4.68. The summed E-state index contributed by atoms with van der Waals surface area (Å²) in [6.07, 6.45) is -4.10. The van der Waals surface area contributed by atoms with E-state index in [1.165, 1.54) is 0 Å². The first kappa shape index (κ1) is 20.7. The molecule has 1 fully saturated rings. The van der Waals surface area contributed by atoms with E-state index in [1.807, 2.05) is 38.1 Å². The third-order valence-corrected chi connectivity index (χ3v) is 3.98. The van der Waals surface area contributed by atoms with Crippen molar-refractivity contribution >= 4 is 5.91 Å². The van der Waals surface area contributed by atoms with Crippen LogP contribution in [-0.4, -0.2) is 55.5 Å². The van der Waals surface area contributed by atoms with E-state index in [0.717, 1.165) is 30.8 Å². The Kier molecular flexibility index (Phi) is 7.43. The molecule has 2 atom stereocenters. The largest absolute Gasteiger partial charge is 0.411 e. The number of hydrogen-bond donors (Lipinski definition) is 1. The molecule has 1 N–H and O–H groups in total. The van der Waals surface area contributed by atoms with Crippen LogP contribution >= 0.6 is 0 Å². The van der Waals surface area contributed by atoms with Gasteiger partial charge in [-0.1, -0.05) is 24.3 Å². The second-order valence-corrected chi connectivity index (χ2v) is 6.60. The maximum atomic E-state index is 12.0. The Morgan fingerprint density at radius 1 is 1.23 bits per heavy atom. The normalized spacial score (nSPS) is 21.6. The number of morpholine rings is 1. The van der Waals surface area contributed by atoms with Crippen molar-refractivity contribution in [3.8, 4) is 0 Å². The molecule has 0 spiro atoms. The highest BCUT2D eigenvalue weighted by molar-refractivity contribution is 5.77. The number of ether oxygens (including phenoxy) is 2. The van der Waals surface area contributed by atoms with Crippen LogP contribution in [0.2, 0.25) is 0 Å². The predicted octanol–water partition coefficient (Wildman–Crippen LogP) is 2.49. The summed E-state index contributed by atoms with van der Waals surface area (Å²) in [4.78, 5) is 14.0. The smallest absolute Gasteiger partial charge is 0.373 e. The Hall–Kier alpha value is -1.64. The van der Waals surface area contributed by atoms with E-state index >= 15 is 0 Å². The maximum Gasteiger partial charge on any atom is 0.411 e. The lowest BCUT2D eigenvalue weighted by molar-refractivity contribution is -0.175. The van der Waals surface area contributed by atoms with E-state index < -0.39 is 25.3 Å². The highest BCUT2D eigenvalue weighted by Crippen LogP contribution is 2.17. The molecule has 0 bridgehead atoms. The summed E-state index contributed by atoms with van der Waals surface area (Å²) in [5.74, 6) is -0.572. The first-order chi connectivity index (χ1) is 12.2. The minimum Gasteiger partial charge on any atom is -0.373 e. The van der Waals surface area contributed by atoms with Crippen LogP contribution in [0.25, 0.3) is 0 Å². The molecule has 5 nitrogen and oxygen atoms in total. The number of carbonyl (C=O) groups is 1. The highest BCUT2D eigenvalue weighted by atomic mass is 19.4. The van der Waals surface area contributed by atoms with Crippen molar-refractivity contribution in [2.75, 3.05) is 26.3 Å². The van der Waals surface area contributed by atoms with Gasteiger partial charge in [-0.2, -0.15) is 13.2 Å². The van der Waals surface area contributed by atoms with Gasteiger partial charge in [0, 0.05) is 26.2 Å². The molecule has 8 heteroatoms. The molecular weight excluding hydrogens is 349 g/mol. The van der Waals surface area contributed by atoms with Crippen LogP contribution in [-0.2, 0) is 27.4 Å². The van der Waals surface area contributed by atoms with E-state index in [4.69, 9.17) is 4.74 Å². The number of alkyl halides is 3. The van der Waals surface area contributed by atoms with E-state index in [0.29, 0.717) is 0 Å². The molecule has 1 aliphatic rings. The number of benzene rings is 1. The summed E-state index contributed by atoms with van der Waals surface area (Å²) in [7, 11) is 0. The fourth-order valence-electron chi connectivity index (χ4n) is 3.04. The minimum absolute atomic E-state index is 0.163. The molecular formula is C18H25F3N2O3. The fraction of sp³-hybridized carbons (Fsp3) is 0.611. The van der Waals surface area contributed by atoms with Crippen LogP contribution in [0.15, 0.2) is 24.3 Å². The van der Waals surface area contributed by atoms with Gasteiger partial charge in [-0.15, -0.1) is 0 Å². The van der Waals surface area contributed by atoms with Crippen molar-refractivity contribution in [3.63, 3.8) is 0 Å². The Balaban J connectivity index is 1.85. The second-order valence-electron chi connectivity index (χ2n) is 6.60. The topological polar surface area (TPSA) is 50.8 Å². The van der Waals surface area contributed by atoms with E-state index in [1.54, 1.807) is 0 Å². The third kappa shape index (κ3) is 7.31. The zero-order valence-electron chi connectivity index (χ0n) is 15.0. The monoisotopic (exact) mass is 374 g/mol. The minimum atomic E-state index is -4.43. The van der Waals surface area contributed by atoms with Gasteiger partial charge in [0.15, 0.2) is 0 Å². The van der Waals surface area contributed by atoms with Crippen molar-refractivity contribution in [1.82, 2.24) is 10.2 Å². The molecule has 0 saturated carbocycles. The summed E-state index contributed by atoms with van der Waals surface area (Å²) < 4.78 is 46.1. The first-order valence-corrected chi connectivity index (χ1v) is 8.58. The first-order valence-electron chi connectivity index (χ1n) is 8.58. The van der Waals surface area contributed by atoms with Crippen molar-refractivity contribution in [1.29, 1.82) is 0 Å². The Bertz CT molecular complexity index is 585. The summed E-state index contributed by atoms with van der Waals surface area (Å²) in [5.41, 5.74) is 2.01. The molecule has 0 aromatic heterocycles. The van der Waals surface area contributed by atoms with Crippen molar-refractivity contribution in [3.05, 3.63) is 35.4 Å². The lowest BCUT2D eigenvalue weighted by atomic mass is 10.1. The molecule has 0 aliphatic carbocycles. The van der Waals surface area contributed by atoms with Gasteiger partial charge in [0.2, 0.25) is 5.91 Å². The summed E-state index contributed by atoms with van der Waals surface area (Å²) >= 11 is 0. The van der Waals surface area contributed by atoms with Crippen LogP contribution in [0.1, 0.15) is 25.0 Å². The molecule has 1 aliphatic heterocycles. The zero-order valence-corrected chi connectivity index (χ0v) is 15.0. The number of nitrogens with zero attached hydrogens (tertiary/aromatic N) is 1. The molecule has 1 amide bonds. The summed E-state index contributed by atoms with van der Waals surface area (Å²) in [6, 6.07) is 7.70. The Labute approximate surface area is 151 Å². The average molecular weight is 374 g/mol. The van der Waals surface area contributed by atoms with Crippen molar-refractivity contribution in [2.24, 2.45) is 0 Å². The number of hydrogen-bond acceptors (Lipinski definition) is 4. The zero-order chi connectivity index (χ0) is 19.2. The van der Waals surface area contributed by atoms with E-state index in [2.05, 4.69) is 15.0 Å². The van der Waals surface area contributed by atoms with Gasteiger partial charge in [0.05, 0.1) is 12.2 Å². The van der Waals surface area contributed by atoms with Gasteiger partial charge in [-0.3, -0.25) is 9.69 Å². The Morgan fingerprint density at radius 2 is 1.85 bits per heavy atom. The number of rotatable bonds is 7. The van der Waals surface area contributed by atoms with Gasteiger partial charge in [-0.05, 0) is 25.0 Å². The van der Waals surface area contributed by atoms with Gasteiger partial charge in [-0.25, -0.2) is 0 Å². The molecule has 2 rings (SSSR count). The fourth-order valence-corrected chi connectivity index (χ4v) is 3.04. The van der Waals surface area contributed by atoms with Gasteiger partial charge in [0.25, 0.3) is 0 Å². The Morgan fingerprint density at radius 3 is 2.46 bits per heavy atom. The molecule has 1 aromatic carbocycles. The standard InChI is InChI=1S/C18H25F3N2O3/c1-13-8-23(9-14(2)26-13)10-16-6-4-3-5-15(16)7-22-17(24)11-25-12-18(19,20)21/h3-6,13-14H,7-12H2,1-2H3,(H,22,24). The average Bonchev–Trinajstić information content (AvgIpc) is 2.52. The third-order valence-electron chi connectivity index (χ3n) is 3.98. The number of amides is 1. The molecule has 1 aromatic rings. The molecule has 1 heterocycles. The molecule has 146 valence electrons. The van der Waals surface area contributed by atoms with Crippen LogP contribution < -0.4 is 5.32 Å². The van der Waals surface area contributed by atoms with Crippen LogP contribution in [0.4, 0.5) is 13.2 Å². The molecule has 2 unspecified atom stereocenters. The second kappa shape index (κ2) is 9.34.